The van der Waals surface area contributed by atoms with Gasteiger partial charge in [0.2, 0.25) is 0 Å². The Morgan fingerprint density at radius 2 is 2.25 bits per heavy atom. The maximum Gasteiger partial charge on any atom is 0.327 e. The summed E-state index contributed by atoms with van der Waals surface area (Å²) in [6.45, 7) is 0. The smallest absolute Gasteiger partial charge is 0.327 e. The molecule has 1 aromatic heterocycles. The Balaban J connectivity index is 2.43. The van der Waals surface area contributed by atoms with Crippen LogP contribution in [0.25, 0.3) is 10.9 Å². The standard InChI is InChI=1S/C15H11N3O2/c1-2-5-13(15(19)20)18-14-8-10(9-16)11-6-3-4-7-12(11)17-14/h1,3-4,6-8,13H,5H2,(H,17,18)(H,19,20). The molecule has 0 bridgehead atoms. The second-order valence-electron chi connectivity index (χ2n) is 4.13. The Labute approximate surface area is 115 Å². The SMILES string of the molecule is C#CCC(Nc1cc(C#N)c2ccccc2n1)C(=O)O. The fourth-order valence-corrected chi connectivity index (χ4v) is 1.84. The number of carboxylic acids is 1. The van der Waals surface area contributed by atoms with Crippen LogP contribution in [0.1, 0.15) is 12.0 Å². The monoisotopic (exact) mass is 265 g/mol. The normalized spacial score (nSPS) is 11.3. The van der Waals surface area contributed by atoms with Crippen LogP contribution in [0, 0.1) is 23.7 Å². The van der Waals surface area contributed by atoms with E-state index in [9.17, 15) is 4.79 Å². The van der Waals surface area contributed by atoms with Crippen LogP contribution in [0.5, 0.6) is 0 Å². The number of anilines is 1. The highest BCUT2D eigenvalue weighted by Gasteiger charge is 2.17. The zero-order valence-corrected chi connectivity index (χ0v) is 10.5. The number of fused-ring (bicyclic) bond motifs is 1. The van der Waals surface area contributed by atoms with Gasteiger partial charge in [0, 0.05) is 11.8 Å². The third-order valence-corrected chi connectivity index (χ3v) is 2.78. The molecule has 1 heterocycles. The average Bonchev–Trinajstić information content (AvgIpc) is 2.45. The van der Waals surface area contributed by atoms with Crippen molar-refractivity contribution in [3.05, 3.63) is 35.9 Å². The number of para-hydroxylation sites is 1. The number of hydrogen-bond acceptors (Lipinski definition) is 4. The number of nitriles is 1. The summed E-state index contributed by atoms with van der Waals surface area (Å²) < 4.78 is 0. The van der Waals surface area contributed by atoms with Gasteiger partial charge in [-0.2, -0.15) is 5.26 Å². The van der Waals surface area contributed by atoms with Crippen LogP contribution in [0.4, 0.5) is 5.82 Å². The molecule has 98 valence electrons. The van der Waals surface area contributed by atoms with E-state index >= 15 is 0 Å². The molecule has 2 aromatic rings. The molecule has 0 spiro atoms. The average molecular weight is 265 g/mol. The molecular formula is C15H11N3O2. The second-order valence-corrected chi connectivity index (χ2v) is 4.13. The van der Waals surface area contributed by atoms with Crippen molar-refractivity contribution in [1.29, 1.82) is 5.26 Å². The molecule has 0 amide bonds. The summed E-state index contributed by atoms with van der Waals surface area (Å²) in [5, 5.41) is 21.7. The largest absolute Gasteiger partial charge is 0.480 e. The topological polar surface area (TPSA) is 86.0 Å². The minimum atomic E-state index is -1.06. The first-order valence-electron chi connectivity index (χ1n) is 5.88. The first kappa shape index (κ1) is 13.4. The third kappa shape index (κ3) is 2.68. The summed E-state index contributed by atoms with van der Waals surface area (Å²) in [6, 6.07) is 9.84. The molecule has 1 atom stereocenters. The van der Waals surface area contributed by atoms with Crippen LogP contribution in [-0.4, -0.2) is 22.1 Å². The molecule has 1 unspecified atom stereocenters. The fraction of sp³-hybridized carbons (Fsp3) is 0.133. The Bertz CT molecular complexity index is 741. The van der Waals surface area contributed by atoms with Gasteiger partial charge in [0.15, 0.2) is 0 Å². The number of nitrogens with one attached hydrogen (secondary N) is 1. The lowest BCUT2D eigenvalue weighted by Gasteiger charge is -2.13. The number of carboxylic acid groups (broad SMARTS) is 1. The van der Waals surface area contributed by atoms with Crippen LogP contribution in [0.15, 0.2) is 30.3 Å². The zero-order valence-electron chi connectivity index (χ0n) is 10.5. The van der Waals surface area contributed by atoms with Crippen molar-refractivity contribution in [2.75, 3.05) is 5.32 Å². The van der Waals surface area contributed by atoms with E-state index in [0.717, 1.165) is 5.39 Å². The maximum atomic E-state index is 11.1. The van der Waals surface area contributed by atoms with Gasteiger partial charge in [-0.25, -0.2) is 9.78 Å². The number of terminal acetylenes is 1. The molecule has 0 aliphatic heterocycles. The summed E-state index contributed by atoms with van der Waals surface area (Å²) in [5.74, 6) is 1.56. The third-order valence-electron chi connectivity index (χ3n) is 2.78. The van der Waals surface area contributed by atoms with Gasteiger partial charge in [-0.3, -0.25) is 0 Å². The molecule has 0 fully saturated rings. The summed E-state index contributed by atoms with van der Waals surface area (Å²) in [4.78, 5) is 15.4. The number of benzene rings is 1. The molecular weight excluding hydrogens is 254 g/mol. The first-order chi connectivity index (χ1) is 9.65. The second kappa shape index (κ2) is 5.73. The maximum absolute atomic E-state index is 11.1. The Morgan fingerprint density at radius 3 is 2.90 bits per heavy atom. The first-order valence-corrected chi connectivity index (χ1v) is 5.88. The van der Waals surface area contributed by atoms with Crippen LogP contribution in [0.3, 0.4) is 0 Å². The van der Waals surface area contributed by atoms with Gasteiger partial charge in [-0.1, -0.05) is 18.2 Å². The highest BCUT2D eigenvalue weighted by Crippen LogP contribution is 2.20. The molecule has 0 saturated carbocycles. The molecule has 0 saturated heterocycles. The van der Waals surface area contributed by atoms with Crippen molar-refractivity contribution in [2.45, 2.75) is 12.5 Å². The number of nitrogens with zero attached hydrogens (tertiary/aromatic N) is 2. The van der Waals surface area contributed by atoms with Crippen molar-refractivity contribution in [2.24, 2.45) is 0 Å². The van der Waals surface area contributed by atoms with E-state index in [4.69, 9.17) is 16.8 Å². The number of carbonyl (C=O) groups is 1. The van der Waals surface area contributed by atoms with Crippen molar-refractivity contribution >= 4 is 22.7 Å². The zero-order chi connectivity index (χ0) is 14.5. The minimum Gasteiger partial charge on any atom is -0.480 e. The van der Waals surface area contributed by atoms with E-state index in [1.165, 1.54) is 6.07 Å². The van der Waals surface area contributed by atoms with Crippen LogP contribution in [0.2, 0.25) is 0 Å². The molecule has 1 aromatic carbocycles. The summed E-state index contributed by atoms with van der Waals surface area (Å²) in [6.07, 6.45) is 5.17. The highest BCUT2D eigenvalue weighted by molar-refractivity contribution is 5.87. The van der Waals surface area contributed by atoms with Gasteiger partial charge in [0.1, 0.15) is 11.9 Å². The Hall–Kier alpha value is -3.05. The van der Waals surface area contributed by atoms with Crippen LogP contribution in [-0.2, 0) is 4.79 Å². The number of hydrogen-bond donors (Lipinski definition) is 2. The molecule has 20 heavy (non-hydrogen) atoms. The molecule has 0 aliphatic carbocycles. The summed E-state index contributed by atoms with van der Waals surface area (Å²) >= 11 is 0. The number of aromatic nitrogens is 1. The van der Waals surface area contributed by atoms with Gasteiger partial charge in [-0.05, 0) is 12.1 Å². The van der Waals surface area contributed by atoms with Gasteiger partial charge in [-0.15, -0.1) is 12.3 Å². The van der Waals surface area contributed by atoms with E-state index in [1.807, 2.05) is 6.07 Å². The van der Waals surface area contributed by atoms with E-state index in [0.29, 0.717) is 16.9 Å². The van der Waals surface area contributed by atoms with E-state index in [2.05, 4.69) is 22.3 Å². The van der Waals surface area contributed by atoms with Crippen molar-refractivity contribution in [3.63, 3.8) is 0 Å². The van der Waals surface area contributed by atoms with Crippen LogP contribution < -0.4 is 5.32 Å². The van der Waals surface area contributed by atoms with Crippen molar-refractivity contribution in [1.82, 2.24) is 4.98 Å². The lowest BCUT2D eigenvalue weighted by molar-refractivity contribution is -0.137. The Morgan fingerprint density at radius 1 is 1.50 bits per heavy atom. The minimum absolute atomic E-state index is 0.0335. The molecule has 5 nitrogen and oxygen atoms in total. The van der Waals surface area contributed by atoms with E-state index in [1.54, 1.807) is 18.2 Å². The molecule has 5 heteroatoms. The summed E-state index contributed by atoms with van der Waals surface area (Å²) in [5.41, 5.74) is 1.06. The van der Waals surface area contributed by atoms with Crippen molar-refractivity contribution < 1.29 is 9.90 Å². The predicted octanol–water partition coefficient (Wildman–Crippen LogP) is 1.99. The van der Waals surface area contributed by atoms with Gasteiger partial charge in [0.05, 0.1) is 17.1 Å². The number of aliphatic carboxylic acids is 1. The Kier molecular flexibility index (Phi) is 3.83. The van der Waals surface area contributed by atoms with E-state index in [-0.39, 0.29) is 6.42 Å². The van der Waals surface area contributed by atoms with Gasteiger partial charge >= 0.3 is 5.97 Å². The van der Waals surface area contributed by atoms with Crippen molar-refractivity contribution in [3.8, 4) is 18.4 Å². The quantitative estimate of drug-likeness (QED) is 0.826. The lowest BCUT2D eigenvalue weighted by atomic mass is 10.1. The molecule has 0 aliphatic rings. The highest BCUT2D eigenvalue weighted by atomic mass is 16.4. The molecule has 0 radical (unpaired) electrons. The van der Waals surface area contributed by atoms with Gasteiger partial charge in [0.25, 0.3) is 0 Å². The van der Waals surface area contributed by atoms with Gasteiger partial charge < -0.3 is 10.4 Å². The van der Waals surface area contributed by atoms with Crippen LogP contribution >= 0.6 is 0 Å². The fourth-order valence-electron chi connectivity index (χ4n) is 1.84. The number of pyridine rings is 1. The lowest BCUT2D eigenvalue weighted by Crippen LogP contribution is -2.29. The van der Waals surface area contributed by atoms with E-state index < -0.39 is 12.0 Å². The summed E-state index contributed by atoms with van der Waals surface area (Å²) in [7, 11) is 0. The number of rotatable bonds is 4. The predicted molar refractivity (Wildman–Crippen MR) is 75.0 cm³/mol. The molecule has 2 N–H and O–H groups in total. The molecule has 2 rings (SSSR count).